The Labute approximate surface area is 109 Å². The number of aromatic nitrogens is 1. The molecule has 1 heterocycles. The largest absolute Gasteiger partial charge is 0.476 e. The average molecular weight is 268 g/mol. The molecular weight excluding hydrogens is 252 g/mol. The van der Waals surface area contributed by atoms with Crippen molar-refractivity contribution in [2.75, 3.05) is 0 Å². The van der Waals surface area contributed by atoms with Crippen molar-refractivity contribution in [3.05, 3.63) is 16.1 Å². The fraction of sp³-hybridized carbons (Fsp3) is 0.583. The van der Waals surface area contributed by atoms with Gasteiger partial charge in [-0.2, -0.15) is 0 Å². The highest BCUT2D eigenvalue weighted by Gasteiger charge is 2.33. The van der Waals surface area contributed by atoms with Crippen LogP contribution in [-0.2, 0) is 4.79 Å². The van der Waals surface area contributed by atoms with Crippen molar-refractivity contribution in [3.63, 3.8) is 0 Å². The van der Waals surface area contributed by atoms with Crippen molar-refractivity contribution >= 4 is 23.2 Å². The van der Waals surface area contributed by atoms with Gasteiger partial charge in [0.1, 0.15) is 5.01 Å². The molecule has 1 amide bonds. The molecule has 0 aliphatic heterocycles. The maximum atomic E-state index is 11.9. The van der Waals surface area contributed by atoms with Crippen LogP contribution in [0.2, 0.25) is 0 Å². The SMILES string of the molecule is CC(NC(=O)C(C)C1CC1)c1nc(C(=O)O)cs1. The number of rotatable bonds is 5. The quantitative estimate of drug-likeness (QED) is 0.856. The molecule has 0 bridgehead atoms. The van der Waals surface area contributed by atoms with Crippen molar-refractivity contribution < 1.29 is 14.7 Å². The molecule has 2 N–H and O–H groups in total. The predicted octanol–water partition coefficient (Wildman–Crippen LogP) is 2.06. The highest BCUT2D eigenvalue weighted by atomic mass is 32.1. The average Bonchev–Trinajstić information content (AvgIpc) is 3.04. The zero-order valence-electron chi connectivity index (χ0n) is 10.3. The van der Waals surface area contributed by atoms with E-state index in [1.807, 2.05) is 13.8 Å². The second-order valence-electron chi connectivity index (χ2n) is 4.73. The number of nitrogens with zero attached hydrogens (tertiary/aromatic N) is 1. The molecule has 6 heteroatoms. The Morgan fingerprint density at radius 3 is 2.67 bits per heavy atom. The lowest BCUT2D eigenvalue weighted by atomic mass is 10.1. The molecule has 0 radical (unpaired) electrons. The first-order valence-electron chi connectivity index (χ1n) is 5.98. The van der Waals surface area contributed by atoms with Gasteiger partial charge in [-0.3, -0.25) is 4.79 Å². The van der Waals surface area contributed by atoms with Crippen molar-refractivity contribution in [3.8, 4) is 0 Å². The van der Waals surface area contributed by atoms with Crippen LogP contribution < -0.4 is 5.32 Å². The van der Waals surface area contributed by atoms with Crippen molar-refractivity contribution in [2.45, 2.75) is 32.7 Å². The van der Waals surface area contributed by atoms with Crippen LogP contribution in [0.25, 0.3) is 0 Å². The van der Waals surface area contributed by atoms with E-state index in [2.05, 4.69) is 10.3 Å². The molecule has 1 aliphatic rings. The number of carbonyl (C=O) groups excluding carboxylic acids is 1. The summed E-state index contributed by atoms with van der Waals surface area (Å²) in [4.78, 5) is 26.6. The van der Waals surface area contributed by atoms with Crippen LogP contribution in [0.4, 0.5) is 0 Å². The summed E-state index contributed by atoms with van der Waals surface area (Å²) in [5, 5.41) is 13.8. The number of amides is 1. The fourth-order valence-corrected chi connectivity index (χ4v) is 2.60. The number of aromatic carboxylic acids is 1. The van der Waals surface area contributed by atoms with Gasteiger partial charge in [-0.05, 0) is 25.7 Å². The first-order chi connectivity index (χ1) is 8.49. The molecular formula is C12H16N2O3S. The second-order valence-corrected chi connectivity index (χ2v) is 5.62. The molecule has 0 aromatic carbocycles. The Morgan fingerprint density at radius 1 is 1.50 bits per heavy atom. The summed E-state index contributed by atoms with van der Waals surface area (Å²) in [7, 11) is 0. The Hall–Kier alpha value is -1.43. The lowest BCUT2D eigenvalue weighted by Gasteiger charge is -2.15. The van der Waals surface area contributed by atoms with Gasteiger partial charge in [-0.25, -0.2) is 9.78 Å². The molecule has 1 aromatic rings. The minimum atomic E-state index is -1.04. The van der Waals surface area contributed by atoms with Crippen molar-refractivity contribution in [2.24, 2.45) is 11.8 Å². The summed E-state index contributed by atoms with van der Waals surface area (Å²) in [6.07, 6.45) is 2.26. The smallest absolute Gasteiger partial charge is 0.355 e. The van der Waals surface area contributed by atoms with Crippen molar-refractivity contribution in [1.82, 2.24) is 10.3 Å². The van der Waals surface area contributed by atoms with Gasteiger partial charge in [0.15, 0.2) is 5.69 Å². The molecule has 2 atom stereocenters. The molecule has 2 unspecified atom stereocenters. The number of thiazole rings is 1. The predicted molar refractivity (Wildman–Crippen MR) is 67.5 cm³/mol. The highest BCUT2D eigenvalue weighted by molar-refractivity contribution is 7.09. The number of carboxylic acid groups (broad SMARTS) is 1. The van der Waals surface area contributed by atoms with E-state index < -0.39 is 5.97 Å². The molecule has 1 aliphatic carbocycles. The molecule has 18 heavy (non-hydrogen) atoms. The van der Waals surface area contributed by atoms with Crippen LogP contribution >= 0.6 is 11.3 Å². The summed E-state index contributed by atoms with van der Waals surface area (Å²) in [6.45, 7) is 3.76. The second kappa shape index (κ2) is 5.06. The zero-order valence-corrected chi connectivity index (χ0v) is 11.2. The number of hydrogen-bond acceptors (Lipinski definition) is 4. The zero-order chi connectivity index (χ0) is 13.3. The summed E-state index contributed by atoms with van der Waals surface area (Å²) in [5.41, 5.74) is 0.0336. The van der Waals surface area contributed by atoms with Gasteiger partial charge in [0.25, 0.3) is 0 Å². The van der Waals surface area contributed by atoms with E-state index in [9.17, 15) is 9.59 Å². The van der Waals surface area contributed by atoms with Gasteiger partial charge in [-0.15, -0.1) is 11.3 Å². The third kappa shape index (κ3) is 2.87. The highest BCUT2D eigenvalue weighted by Crippen LogP contribution is 2.36. The first kappa shape index (κ1) is 13.0. The molecule has 1 saturated carbocycles. The van der Waals surface area contributed by atoms with Gasteiger partial charge in [0.2, 0.25) is 5.91 Å². The molecule has 1 fully saturated rings. The maximum absolute atomic E-state index is 11.9. The van der Waals surface area contributed by atoms with Crippen LogP contribution in [0.15, 0.2) is 5.38 Å². The minimum Gasteiger partial charge on any atom is -0.476 e. The summed E-state index contributed by atoms with van der Waals surface area (Å²) in [6, 6.07) is -0.239. The number of carboxylic acids is 1. The lowest BCUT2D eigenvalue weighted by molar-refractivity contribution is -0.125. The Kier molecular flexibility index (Phi) is 3.65. The van der Waals surface area contributed by atoms with Gasteiger partial charge < -0.3 is 10.4 Å². The van der Waals surface area contributed by atoms with Crippen LogP contribution in [0.3, 0.4) is 0 Å². The first-order valence-corrected chi connectivity index (χ1v) is 6.86. The summed E-state index contributed by atoms with van der Waals surface area (Å²) in [5.74, 6) is -0.464. The monoisotopic (exact) mass is 268 g/mol. The van der Waals surface area contributed by atoms with E-state index in [0.29, 0.717) is 10.9 Å². The van der Waals surface area contributed by atoms with E-state index in [4.69, 9.17) is 5.11 Å². The summed E-state index contributed by atoms with van der Waals surface area (Å²) >= 11 is 1.26. The minimum absolute atomic E-state index is 0.0251. The van der Waals surface area contributed by atoms with Gasteiger partial charge in [-0.1, -0.05) is 6.92 Å². The van der Waals surface area contributed by atoms with Crippen LogP contribution in [0, 0.1) is 11.8 Å². The van der Waals surface area contributed by atoms with E-state index in [1.165, 1.54) is 16.7 Å². The Bertz CT molecular complexity index is 468. The molecule has 0 spiro atoms. The van der Waals surface area contributed by atoms with E-state index in [0.717, 1.165) is 12.8 Å². The van der Waals surface area contributed by atoms with E-state index in [1.54, 1.807) is 0 Å². The standard InChI is InChI=1S/C12H16N2O3S/c1-6(8-3-4-8)10(15)13-7(2)11-14-9(5-18-11)12(16)17/h5-8H,3-4H2,1-2H3,(H,13,15)(H,16,17). The van der Waals surface area contributed by atoms with Crippen LogP contribution in [-0.4, -0.2) is 22.0 Å². The van der Waals surface area contributed by atoms with E-state index in [-0.39, 0.29) is 23.6 Å². The maximum Gasteiger partial charge on any atom is 0.355 e. The van der Waals surface area contributed by atoms with Crippen molar-refractivity contribution in [1.29, 1.82) is 0 Å². The third-order valence-corrected chi connectivity index (χ3v) is 4.24. The Morgan fingerprint density at radius 2 is 2.17 bits per heavy atom. The van der Waals surface area contributed by atoms with Gasteiger partial charge >= 0.3 is 5.97 Å². The summed E-state index contributed by atoms with van der Waals surface area (Å²) < 4.78 is 0. The van der Waals surface area contributed by atoms with Gasteiger partial charge in [0, 0.05) is 11.3 Å². The topological polar surface area (TPSA) is 79.3 Å². The molecule has 2 rings (SSSR count). The van der Waals surface area contributed by atoms with Crippen LogP contribution in [0.1, 0.15) is 48.2 Å². The Balaban J connectivity index is 1.95. The number of carbonyl (C=O) groups is 2. The normalized spacial score (nSPS) is 18.1. The van der Waals surface area contributed by atoms with Crippen LogP contribution in [0.5, 0.6) is 0 Å². The number of hydrogen-bond donors (Lipinski definition) is 2. The molecule has 1 aromatic heterocycles. The van der Waals surface area contributed by atoms with E-state index >= 15 is 0 Å². The molecule has 0 saturated heterocycles. The third-order valence-electron chi connectivity index (χ3n) is 3.21. The van der Waals surface area contributed by atoms with Gasteiger partial charge in [0.05, 0.1) is 6.04 Å². The lowest BCUT2D eigenvalue weighted by Crippen LogP contribution is -2.32. The molecule has 98 valence electrons. The fourth-order valence-electron chi connectivity index (χ4n) is 1.80. The molecule has 5 nitrogen and oxygen atoms in total. The number of nitrogens with one attached hydrogen (secondary N) is 1.